The summed E-state index contributed by atoms with van der Waals surface area (Å²) in [6.45, 7) is 6.11. The summed E-state index contributed by atoms with van der Waals surface area (Å²) in [5, 5.41) is 3.30. The van der Waals surface area contributed by atoms with Crippen molar-refractivity contribution in [2.75, 3.05) is 23.4 Å². The Labute approximate surface area is 150 Å². The summed E-state index contributed by atoms with van der Waals surface area (Å²) in [5.74, 6) is 0.173. The van der Waals surface area contributed by atoms with Crippen LogP contribution in [-0.4, -0.2) is 25.0 Å². The number of halogens is 1. The Morgan fingerprint density at radius 3 is 2.84 bits per heavy atom. The highest BCUT2D eigenvalue weighted by Gasteiger charge is 2.25. The first-order valence-electron chi connectivity index (χ1n) is 7.72. The van der Waals surface area contributed by atoms with Gasteiger partial charge in [0.25, 0.3) is 11.8 Å². The van der Waals surface area contributed by atoms with Gasteiger partial charge in [0.15, 0.2) is 6.61 Å². The zero-order valence-electron chi connectivity index (χ0n) is 13.7. The van der Waals surface area contributed by atoms with Crippen LogP contribution in [0.15, 0.2) is 54.6 Å². The van der Waals surface area contributed by atoms with Gasteiger partial charge in [-0.3, -0.25) is 9.59 Å². The zero-order valence-corrected chi connectivity index (χ0v) is 14.5. The zero-order chi connectivity index (χ0) is 18.0. The number of nitrogens with zero attached hydrogens (tertiary/aromatic N) is 1. The van der Waals surface area contributed by atoms with E-state index in [0.717, 1.165) is 5.57 Å². The SMILES string of the molecule is C=C(C)CN1C(=O)COc2ccc(NC(=O)c3cccc(Cl)c3)cc21. The first-order valence-corrected chi connectivity index (χ1v) is 8.10. The van der Waals surface area contributed by atoms with Crippen LogP contribution >= 0.6 is 11.6 Å². The van der Waals surface area contributed by atoms with Gasteiger partial charge in [-0.25, -0.2) is 0 Å². The van der Waals surface area contributed by atoms with E-state index in [1.54, 1.807) is 47.4 Å². The van der Waals surface area contributed by atoms with E-state index in [2.05, 4.69) is 11.9 Å². The third-order valence-corrected chi connectivity index (χ3v) is 3.91. The maximum atomic E-state index is 12.4. The number of hydrogen-bond acceptors (Lipinski definition) is 3. The smallest absolute Gasteiger partial charge is 0.265 e. The number of nitrogens with one attached hydrogen (secondary N) is 1. The Balaban J connectivity index is 1.87. The van der Waals surface area contributed by atoms with Crippen molar-refractivity contribution in [3.05, 3.63) is 65.2 Å². The van der Waals surface area contributed by atoms with E-state index in [4.69, 9.17) is 16.3 Å². The molecule has 3 rings (SSSR count). The Morgan fingerprint density at radius 1 is 1.32 bits per heavy atom. The highest BCUT2D eigenvalue weighted by molar-refractivity contribution is 6.31. The molecule has 1 aliphatic rings. The predicted octanol–water partition coefficient (Wildman–Crippen LogP) is 3.89. The molecule has 0 saturated heterocycles. The quantitative estimate of drug-likeness (QED) is 0.845. The molecule has 25 heavy (non-hydrogen) atoms. The van der Waals surface area contributed by atoms with Crippen LogP contribution in [0.25, 0.3) is 0 Å². The van der Waals surface area contributed by atoms with E-state index in [0.29, 0.717) is 34.3 Å². The van der Waals surface area contributed by atoms with Gasteiger partial charge in [-0.1, -0.05) is 29.8 Å². The van der Waals surface area contributed by atoms with Gasteiger partial charge in [-0.05, 0) is 43.3 Å². The Bertz CT molecular complexity index is 863. The van der Waals surface area contributed by atoms with Crippen molar-refractivity contribution < 1.29 is 14.3 Å². The number of ether oxygens (including phenoxy) is 1. The molecule has 6 heteroatoms. The normalized spacial score (nSPS) is 13.0. The molecular weight excluding hydrogens is 340 g/mol. The second-order valence-electron chi connectivity index (χ2n) is 5.87. The monoisotopic (exact) mass is 356 g/mol. The number of hydrogen-bond donors (Lipinski definition) is 1. The molecule has 1 heterocycles. The molecule has 2 aromatic carbocycles. The molecule has 0 atom stereocenters. The van der Waals surface area contributed by atoms with Crippen molar-refractivity contribution in [2.45, 2.75) is 6.92 Å². The van der Waals surface area contributed by atoms with Crippen molar-refractivity contribution in [1.82, 2.24) is 0 Å². The van der Waals surface area contributed by atoms with Gasteiger partial charge >= 0.3 is 0 Å². The van der Waals surface area contributed by atoms with E-state index >= 15 is 0 Å². The fourth-order valence-corrected chi connectivity index (χ4v) is 2.75. The first kappa shape index (κ1) is 17.0. The molecule has 0 bridgehead atoms. The molecule has 5 nitrogen and oxygen atoms in total. The topological polar surface area (TPSA) is 58.6 Å². The molecule has 0 unspecified atom stereocenters. The summed E-state index contributed by atoms with van der Waals surface area (Å²) in [5.41, 5.74) is 2.49. The maximum Gasteiger partial charge on any atom is 0.265 e. The molecule has 1 aliphatic heterocycles. The minimum absolute atomic E-state index is 0.00546. The highest BCUT2D eigenvalue weighted by Crippen LogP contribution is 2.35. The summed E-state index contributed by atoms with van der Waals surface area (Å²) in [6, 6.07) is 11.9. The van der Waals surface area contributed by atoms with Crippen molar-refractivity contribution in [2.24, 2.45) is 0 Å². The van der Waals surface area contributed by atoms with Gasteiger partial charge in [-0.15, -0.1) is 0 Å². The lowest BCUT2D eigenvalue weighted by Gasteiger charge is -2.30. The molecule has 128 valence electrons. The van der Waals surface area contributed by atoms with E-state index in [1.807, 2.05) is 6.92 Å². The lowest BCUT2D eigenvalue weighted by Crippen LogP contribution is -2.39. The third-order valence-electron chi connectivity index (χ3n) is 3.67. The van der Waals surface area contributed by atoms with E-state index in [1.165, 1.54) is 0 Å². The highest BCUT2D eigenvalue weighted by atomic mass is 35.5. The summed E-state index contributed by atoms with van der Waals surface area (Å²) in [4.78, 5) is 26.1. The number of anilines is 2. The van der Waals surface area contributed by atoms with Crippen LogP contribution in [0.2, 0.25) is 5.02 Å². The molecule has 2 amide bonds. The van der Waals surface area contributed by atoms with E-state index < -0.39 is 0 Å². The Hall–Kier alpha value is -2.79. The summed E-state index contributed by atoms with van der Waals surface area (Å²) in [6.07, 6.45) is 0. The number of carbonyl (C=O) groups is 2. The average Bonchev–Trinajstić information content (AvgIpc) is 2.57. The average molecular weight is 357 g/mol. The molecule has 0 aromatic heterocycles. The number of benzene rings is 2. The minimum Gasteiger partial charge on any atom is -0.482 e. The molecule has 0 saturated carbocycles. The van der Waals surface area contributed by atoms with Crippen LogP contribution in [0.4, 0.5) is 11.4 Å². The fraction of sp³-hybridized carbons (Fsp3) is 0.158. The van der Waals surface area contributed by atoms with Gasteiger partial charge in [0.05, 0.1) is 5.69 Å². The Morgan fingerprint density at radius 2 is 2.12 bits per heavy atom. The van der Waals surface area contributed by atoms with Crippen molar-refractivity contribution in [3.8, 4) is 5.75 Å². The van der Waals surface area contributed by atoms with Crippen molar-refractivity contribution >= 4 is 34.8 Å². The lowest BCUT2D eigenvalue weighted by atomic mass is 10.1. The largest absolute Gasteiger partial charge is 0.482 e. The molecule has 0 spiro atoms. The van der Waals surface area contributed by atoms with Gasteiger partial charge in [0.1, 0.15) is 5.75 Å². The Kier molecular flexibility index (Phi) is 4.76. The molecule has 0 radical (unpaired) electrons. The van der Waals surface area contributed by atoms with Gasteiger partial charge in [0, 0.05) is 22.8 Å². The van der Waals surface area contributed by atoms with E-state index in [-0.39, 0.29) is 18.4 Å². The summed E-state index contributed by atoms with van der Waals surface area (Å²) < 4.78 is 5.46. The van der Waals surface area contributed by atoms with Crippen LogP contribution in [0.5, 0.6) is 5.75 Å². The standard InChI is InChI=1S/C19H17ClN2O3/c1-12(2)10-22-16-9-15(6-7-17(16)25-11-18(22)23)21-19(24)13-4-3-5-14(20)8-13/h3-9H,1,10-11H2,2H3,(H,21,24). The molecule has 0 fully saturated rings. The molecule has 1 N–H and O–H groups in total. The van der Waals surface area contributed by atoms with Gasteiger partial charge < -0.3 is 15.0 Å². The van der Waals surface area contributed by atoms with Crippen molar-refractivity contribution in [3.63, 3.8) is 0 Å². The number of carbonyl (C=O) groups excluding carboxylic acids is 2. The number of rotatable bonds is 4. The molecular formula is C19H17ClN2O3. The number of fused-ring (bicyclic) bond motifs is 1. The van der Waals surface area contributed by atoms with Crippen LogP contribution in [0, 0.1) is 0 Å². The van der Waals surface area contributed by atoms with Crippen LogP contribution in [0.1, 0.15) is 17.3 Å². The first-order chi connectivity index (χ1) is 11.9. The predicted molar refractivity (Wildman–Crippen MR) is 98.5 cm³/mol. The van der Waals surface area contributed by atoms with Crippen LogP contribution < -0.4 is 15.0 Å². The third kappa shape index (κ3) is 3.83. The maximum absolute atomic E-state index is 12.4. The lowest BCUT2D eigenvalue weighted by molar-refractivity contribution is -0.121. The molecule has 0 aliphatic carbocycles. The van der Waals surface area contributed by atoms with Crippen LogP contribution in [-0.2, 0) is 4.79 Å². The number of amides is 2. The second kappa shape index (κ2) is 6.99. The summed E-state index contributed by atoms with van der Waals surface area (Å²) in [7, 11) is 0. The van der Waals surface area contributed by atoms with E-state index in [9.17, 15) is 9.59 Å². The van der Waals surface area contributed by atoms with Crippen LogP contribution in [0.3, 0.4) is 0 Å². The van der Waals surface area contributed by atoms with Gasteiger partial charge in [0.2, 0.25) is 0 Å². The minimum atomic E-state index is -0.281. The summed E-state index contributed by atoms with van der Waals surface area (Å²) >= 11 is 5.92. The second-order valence-corrected chi connectivity index (χ2v) is 6.31. The fourth-order valence-electron chi connectivity index (χ4n) is 2.56. The molecule has 2 aromatic rings. The van der Waals surface area contributed by atoms with Gasteiger partial charge in [-0.2, -0.15) is 0 Å². The van der Waals surface area contributed by atoms with Crippen molar-refractivity contribution in [1.29, 1.82) is 0 Å².